The van der Waals surface area contributed by atoms with Crippen molar-refractivity contribution >= 4 is 21.8 Å². The molecule has 0 N–H and O–H groups in total. The van der Waals surface area contributed by atoms with Gasteiger partial charge >= 0.3 is 21.1 Å². The number of rotatable bonds is 7. The average molecular weight is 800 g/mol. The molecular weight excluding hydrogens is 764 g/mol. The summed E-state index contributed by atoms with van der Waals surface area (Å²) in [4.78, 5) is 4.72. The van der Waals surface area contributed by atoms with E-state index in [4.69, 9.17) is 19.6 Å². The van der Waals surface area contributed by atoms with Crippen LogP contribution in [0.1, 0.15) is 37.7 Å². The second-order valence-corrected chi connectivity index (χ2v) is 12.9. The molecule has 4 aromatic carbocycles. The molecule has 0 radical (unpaired) electrons. The molecule has 0 aliphatic rings. The topological polar surface area (TPSA) is 54.1 Å². The molecule has 3 aromatic heterocycles. The summed E-state index contributed by atoms with van der Waals surface area (Å²) in [6.07, 6.45) is 2.75. The molecule has 0 aliphatic heterocycles. The quantitative estimate of drug-likeness (QED) is 0.151. The number of nitrogens with zero attached hydrogens (tertiary/aromatic N) is 4. The molecule has 6 nitrogen and oxygen atoms in total. The van der Waals surface area contributed by atoms with E-state index >= 15 is 0 Å². The number of hydrogen-bond acceptors (Lipinski definition) is 4. The zero-order valence-corrected chi connectivity index (χ0v) is 29.6. The van der Waals surface area contributed by atoms with E-state index in [0.29, 0.717) is 11.5 Å². The standard InChI is InChI=1S/C40H36N4O2.Pt/c1-26-39(29-11-8-7-9-12-29)27(2)44(42-26)30-13-10-14-32(22-30)46-33-16-17-34-35-21-28(25-40(3,4)5)15-18-36(35)43(37(34)23-33)38-24-31(45-6)19-20-41-38;/h7-21,24H,25H2,1-6H3;/q-2;+2. The van der Waals surface area contributed by atoms with E-state index in [-0.39, 0.29) is 26.5 Å². The number of aryl methyl sites for hydroxylation is 1. The first-order valence-electron chi connectivity index (χ1n) is 15.5. The van der Waals surface area contributed by atoms with Gasteiger partial charge in [0.1, 0.15) is 11.6 Å². The maximum atomic E-state index is 6.42. The smallest absolute Gasteiger partial charge is 0.509 e. The minimum Gasteiger partial charge on any atom is -0.509 e. The number of benzene rings is 4. The van der Waals surface area contributed by atoms with Crippen LogP contribution in [0.4, 0.5) is 0 Å². The normalized spacial score (nSPS) is 11.5. The molecule has 0 amide bonds. The molecule has 3 heterocycles. The monoisotopic (exact) mass is 799 g/mol. The van der Waals surface area contributed by atoms with E-state index < -0.39 is 0 Å². The van der Waals surface area contributed by atoms with E-state index in [1.54, 1.807) is 13.3 Å². The van der Waals surface area contributed by atoms with E-state index in [9.17, 15) is 0 Å². The summed E-state index contributed by atoms with van der Waals surface area (Å²) < 4.78 is 16.0. The molecule has 0 bridgehead atoms. The van der Waals surface area contributed by atoms with Crippen LogP contribution in [0.5, 0.6) is 17.2 Å². The summed E-state index contributed by atoms with van der Waals surface area (Å²) in [7, 11) is 1.67. The first kappa shape index (κ1) is 32.3. The minimum atomic E-state index is 0. The summed E-state index contributed by atoms with van der Waals surface area (Å²) in [6.45, 7) is 10.9. The third-order valence-electron chi connectivity index (χ3n) is 8.18. The van der Waals surface area contributed by atoms with Crippen molar-refractivity contribution in [3.63, 3.8) is 0 Å². The number of ether oxygens (including phenoxy) is 2. The predicted molar refractivity (Wildman–Crippen MR) is 185 cm³/mol. The van der Waals surface area contributed by atoms with E-state index in [0.717, 1.165) is 68.0 Å². The second kappa shape index (κ2) is 12.8. The van der Waals surface area contributed by atoms with Gasteiger partial charge in [-0.05, 0) is 60.0 Å². The van der Waals surface area contributed by atoms with Crippen LogP contribution in [0.25, 0.3) is 44.4 Å². The minimum absolute atomic E-state index is 0. The molecule has 238 valence electrons. The Morgan fingerprint density at radius 1 is 0.809 bits per heavy atom. The van der Waals surface area contributed by atoms with Crippen molar-refractivity contribution in [2.45, 2.75) is 41.0 Å². The van der Waals surface area contributed by atoms with Crippen LogP contribution in [0, 0.1) is 31.4 Å². The Labute approximate surface area is 290 Å². The number of pyridine rings is 1. The molecule has 7 rings (SSSR count). The number of fused-ring (bicyclic) bond motifs is 3. The molecule has 7 aromatic rings. The molecular formula is C40H36N4O2Pt. The summed E-state index contributed by atoms with van der Waals surface area (Å²) >= 11 is 0. The number of hydrogen-bond donors (Lipinski definition) is 0. The van der Waals surface area contributed by atoms with Crippen LogP contribution in [0.3, 0.4) is 0 Å². The Kier molecular flexibility index (Phi) is 8.82. The van der Waals surface area contributed by atoms with Crippen molar-refractivity contribution in [1.82, 2.24) is 19.3 Å². The summed E-state index contributed by atoms with van der Waals surface area (Å²) in [5.74, 6) is 2.66. The SMILES string of the molecule is COc1ccnc(-n2c3[c-]c(Oc4[c-]c(-n5nc(C)c(-c6ccccc6)c5C)ccc4)ccc3c3cc(CC(C)(C)C)ccc32)c1.[Pt+2]. The van der Waals surface area contributed by atoms with Crippen molar-refractivity contribution in [3.05, 3.63) is 126 Å². The van der Waals surface area contributed by atoms with Crippen molar-refractivity contribution in [2.75, 3.05) is 7.11 Å². The molecule has 0 atom stereocenters. The maximum Gasteiger partial charge on any atom is 2.00 e. The summed E-state index contributed by atoms with van der Waals surface area (Å²) in [5.41, 5.74) is 8.49. The zero-order chi connectivity index (χ0) is 32.0. The van der Waals surface area contributed by atoms with Crippen molar-refractivity contribution in [3.8, 4) is 39.9 Å². The molecule has 0 saturated heterocycles. The molecule has 0 unspecified atom stereocenters. The van der Waals surface area contributed by atoms with E-state index in [1.165, 1.54) is 5.56 Å². The van der Waals surface area contributed by atoms with Gasteiger partial charge in [0.25, 0.3) is 0 Å². The fourth-order valence-corrected chi connectivity index (χ4v) is 6.28. The Morgan fingerprint density at radius 3 is 2.36 bits per heavy atom. The zero-order valence-electron chi connectivity index (χ0n) is 27.4. The fourth-order valence-electron chi connectivity index (χ4n) is 6.28. The maximum absolute atomic E-state index is 6.42. The summed E-state index contributed by atoms with van der Waals surface area (Å²) in [6, 6.07) is 37.8. The second-order valence-electron chi connectivity index (χ2n) is 12.9. The van der Waals surface area contributed by atoms with E-state index in [2.05, 4.69) is 80.8 Å². The largest absolute Gasteiger partial charge is 2.00 e. The van der Waals surface area contributed by atoms with Gasteiger partial charge in [-0.3, -0.25) is 4.68 Å². The van der Waals surface area contributed by atoms with Crippen molar-refractivity contribution in [2.24, 2.45) is 5.41 Å². The van der Waals surface area contributed by atoms with Gasteiger partial charge < -0.3 is 14.0 Å². The number of aromatic nitrogens is 4. The van der Waals surface area contributed by atoms with Crippen LogP contribution < -0.4 is 9.47 Å². The van der Waals surface area contributed by atoms with E-state index in [1.807, 2.05) is 66.2 Å². The molecule has 0 aliphatic carbocycles. The van der Waals surface area contributed by atoms with Crippen LogP contribution in [0.15, 0.2) is 97.2 Å². The Balaban J connectivity index is 0.00000386. The van der Waals surface area contributed by atoms with Crippen LogP contribution >= 0.6 is 0 Å². The predicted octanol–water partition coefficient (Wildman–Crippen LogP) is 9.64. The molecule has 47 heavy (non-hydrogen) atoms. The van der Waals surface area contributed by atoms with Crippen LogP contribution in [0.2, 0.25) is 0 Å². The van der Waals surface area contributed by atoms with Gasteiger partial charge in [0.05, 0.1) is 12.8 Å². The fraction of sp³-hybridized carbons (Fsp3) is 0.200. The first-order chi connectivity index (χ1) is 22.2. The third kappa shape index (κ3) is 6.35. The van der Waals surface area contributed by atoms with Crippen LogP contribution in [-0.4, -0.2) is 26.4 Å². The molecule has 0 saturated carbocycles. The van der Waals surface area contributed by atoms with Crippen molar-refractivity contribution < 1.29 is 30.5 Å². The number of methoxy groups -OCH3 is 1. The molecule has 7 heteroatoms. The Morgan fingerprint density at radius 2 is 1.60 bits per heavy atom. The average Bonchev–Trinajstić information content (AvgIpc) is 3.53. The van der Waals surface area contributed by atoms with Gasteiger partial charge in [-0.1, -0.05) is 68.8 Å². The first-order valence-corrected chi connectivity index (χ1v) is 15.5. The van der Waals surface area contributed by atoms with Gasteiger partial charge in [-0.25, -0.2) is 4.98 Å². The van der Waals surface area contributed by atoms with Gasteiger partial charge in [0.2, 0.25) is 0 Å². The molecule has 0 spiro atoms. The molecule has 0 fully saturated rings. The Hall–Kier alpha value is -4.67. The van der Waals surface area contributed by atoms with Gasteiger partial charge in [0, 0.05) is 40.5 Å². The summed E-state index contributed by atoms with van der Waals surface area (Å²) in [5, 5.41) is 7.09. The Bertz CT molecular complexity index is 2210. The van der Waals surface area contributed by atoms with Gasteiger partial charge in [0.15, 0.2) is 0 Å². The third-order valence-corrected chi connectivity index (χ3v) is 8.18. The van der Waals surface area contributed by atoms with Gasteiger partial charge in [-0.2, -0.15) is 17.2 Å². The van der Waals surface area contributed by atoms with Gasteiger partial charge in [-0.15, -0.1) is 35.7 Å². The van der Waals surface area contributed by atoms with Crippen LogP contribution in [-0.2, 0) is 27.5 Å². The van der Waals surface area contributed by atoms with Crippen molar-refractivity contribution in [1.29, 1.82) is 0 Å².